The van der Waals surface area contributed by atoms with E-state index in [-0.39, 0.29) is 29.9 Å². The quantitative estimate of drug-likeness (QED) is 0.758. The Kier molecular flexibility index (Phi) is 4.25. The molecule has 0 unspecified atom stereocenters. The van der Waals surface area contributed by atoms with E-state index in [0.29, 0.717) is 6.54 Å². The van der Waals surface area contributed by atoms with Crippen molar-refractivity contribution in [1.29, 1.82) is 0 Å². The van der Waals surface area contributed by atoms with E-state index in [4.69, 9.17) is 4.74 Å². The first-order chi connectivity index (χ1) is 13.1. The van der Waals surface area contributed by atoms with E-state index in [1.807, 2.05) is 35.2 Å². The highest BCUT2D eigenvalue weighted by Gasteiger charge is 2.56. The number of esters is 1. The summed E-state index contributed by atoms with van der Waals surface area (Å²) in [7, 11) is 0. The summed E-state index contributed by atoms with van der Waals surface area (Å²) in [5.74, 6) is 2.26. The van der Waals surface area contributed by atoms with Gasteiger partial charge in [0.1, 0.15) is 12.6 Å². The Morgan fingerprint density at radius 1 is 1.00 bits per heavy atom. The average molecular weight is 367 g/mol. The minimum Gasteiger partial charge on any atom is -0.459 e. The number of hydrogen-bond acceptors (Lipinski definition) is 3. The average Bonchev–Trinajstić information content (AvgIpc) is 3.15. The zero-order valence-electron chi connectivity index (χ0n) is 15.9. The monoisotopic (exact) mass is 367 g/mol. The van der Waals surface area contributed by atoms with Crippen molar-refractivity contribution in [3.8, 4) is 0 Å². The molecule has 5 fully saturated rings. The summed E-state index contributed by atoms with van der Waals surface area (Å²) in [6, 6.07) is 9.38. The molecule has 0 spiro atoms. The lowest BCUT2D eigenvalue weighted by atomic mass is 9.49. The molecule has 1 amide bonds. The fourth-order valence-electron chi connectivity index (χ4n) is 6.76. The molecule has 5 aliphatic rings. The Balaban J connectivity index is 1.28. The van der Waals surface area contributed by atoms with Gasteiger partial charge >= 0.3 is 5.97 Å². The zero-order valence-corrected chi connectivity index (χ0v) is 15.9. The van der Waals surface area contributed by atoms with Gasteiger partial charge in [-0.05, 0) is 74.7 Å². The number of hydrogen-bond donors (Lipinski definition) is 0. The van der Waals surface area contributed by atoms with Crippen LogP contribution in [0, 0.1) is 23.2 Å². The smallest absolute Gasteiger partial charge is 0.329 e. The molecule has 4 saturated carbocycles. The summed E-state index contributed by atoms with van der Waals surface area (Å²) < 4.78 is 5.58. The molecule has 1 heterocycles. The van der Waals surface area contributed by atoms with E-state index in [2.05, 4.69) is 0 Å². The Labute approximate surface area is 161 Å². The van der Waals surface area contributed by atoms with Crippen molar-refractivity contribution in [1.82, 2.24) is 4.90 Å². The SMILES string of the molecule is O=C(OCc1ccccc1)[C@@H]1CCCN1C(=O)C12CC3CC(CC(C3)C1)C2. The van der Waals surface area contributed by atoms with Crippen LogP contribution in [-0.4, -0.2) is 29.4 Å². The first-order valence-corrected chi connectivity index (χ1v) is 10.6. The van der Waals surface area contributed by atoms with E-state index in [9.17, 15) is 9.59 Å². The number of rotatable bonds is 4. The number of nitrogens with zero attached hydrogens (tertiary/aromatic N) is 1. The van der Waals surface area contributed by atoms with Crippen LogP contribution >= 0.6 is 0 Å². The number of benzene rings is 1. The highest BCUT2D eigenvalue weighted by molar-refractivity contribution is 5.89. The van der Waals surface area contributed by atoms with Gasteiger partial charge in [-0.3, -0.25) is 4.79 Å². The number of carbonyl (C=O) groups is 2. The van der Waals surface area contributed by atoms with Gasteiger partial charge in [-0.1, -0.05) is 30.3 Å². The molecule has 0 N–H and O–H groups in total. The fourth-order valence-corrected chi connectivity index (χ4v) is 6.76. The van der Waals surface area contributed by atoms with Crippen molar-refractivity contribution in [2.24, 2.45) is 23.2 Å². The van der Waals surface area contributed by atoms with Gasteiger partial charge in [-0.25, -0.2) is 4.79 Å². The van der Waals surface area contributed by atoms with Crippen LogP contribution in [0.2, 0.25) is 0 Å². The number of carbonyl (C=O) groups excluding carboxylic acids is 2. The number of ether oxygens (including phenoxy) is 1. The Morgan fingerprint density at radius 2 is 1.63 bits per heavy atom. The highest BCUT2D eigenvalue weighted by Crippen LogP contribution is 2.60. The molecule has 4 heteroatoms. The zero-order chi connectivity index (χ0) is 18.4. The lowest BCUT2D eigenvalue weighted by Crippen LogP contribution is -2.56. The molecular weight excluding hydrogens is 338 g/mol. The second kappa shape index (κ2) is 6.65. The summed E-state index contributed by atoms with van der Waals surface area (Å²) in [6.07, 6.45) is 8.80. The molecule has 1 atom stereocenters. The van der Waals surface area contributed by atoms with E-state index in [1.54, 1.807) is 0 Å². The van der Waals surface area contributed by atoms with Crippen LogP contribution in [0.5, 0.6) is 0 Å². The normalized spacial score (nSPS) is 36.8. The molecule has 4 nitrogen and oxygen atoms in total. The number of amides is 1. The minimum atomic E-state index is -0.380. The van der Waals surface area contributed by atoms with Gasteiger partial charge in [0.15, 0.2) is 0 Å². The van der Waals surface area contributed by atoms with Gasteiger partial charge in [-0.15, -0.1) is 0 Å². The first-order valence-electron chi connectivity index (χ1n) is 10.6. The molecule has 27 heavy (non-hydrogen) atoms. The van der Waals surface area contributed by atoms with E-state index < -0.39 is 0 Å². The van der Waals surface area contributed by atoms with Gasteiger partial charge in [0.05, 0.1) is 5.41 Å². The highest BCUT2D eigenvalue weighted by atomic mass is 16.5. The Bertz CT molecular complexity index is 693. The minimum absolute atomic E-state index is 0.170. The van der Waals surface area contributed by atoms with Crippen molar-refractivity contribution >= 4 is 11.9 Å². The third-order valence-electron chi connectivity index (χ3n) is 7.50. The predicted molar refractivity (Wildman–Crippen MR) is 102 cm³/mol. The van der Waals surface area contributed by atoms with Crippen LogP contribution in [-0.2, 0) is 20.9 Å². The van der Waals surface area contributed by atoms with Crippen molar-refractivity contribution in [3.63, 3.8) is 0 Å². The fraction of sp³-hybridized carbons (Fsp3) is 0.652. The van der Waals surface area contributed by atoms with E-state index >= 15 is 0 Å². The maximum absolute atomic E-state index is 13.6. The second-order valence-electron chi connectivity index (χ2n) is 9.45. The molecule has 0 aromatic heterocycles. The van der Waals surface area contributed by atoms with Crippen LogP contribution < -0.4 is 0 Å². The topological polar surface area (TPSA) is 46.6 Å². The number of likely N-dealkylation sites (tertiary alicyclic amines) is 1. The molecule has 144 valence electrons. The van der Waals surface area contributed by atoms with Gasteiger partial charge in [0.25, 0.3) is 0 Å². The summed E-state index contributed by atoms with van der Waals surface area (Å²) in [4.78, 5) is 28.2. The van der Waals surface area contributed by atoms with Crippen molar-refractivity contribution in [3.05, 3.63) is 35.9 Å². The molecule has 1 aromatic rings. The molecule has 0 radical (unpaired) electrons. The predicted octanol–water partition coefficient (Wildman–Crippen LogP) is 3.94. The summed E-state index contributed by atoms with van der Waals surface area (Å²) in [5, 5.41) is 0. The van der Waals surface area contributed by atoms with Gasteiger partial charge < -0.3 is 9.64 Å². The molecule has 4 aliphatic carbocycles. The lowest BCUT2D eigenvalue weighted by Gasteiger charge is -2.56. The molecular formula is C23H29NO3. The standard InChI is InChI=1S/C23H29NO3/c25-21(27-15-16-5-2-1-3-6-16)20-7-4-8-24(20)22(26)23-12-17-9-18(13-23)11-19(10-17)14-23/h1-3,5-6,17-20H,4,7-15H2/t17?,18?,19?,20-,23?/m0/s1. The van der Waals surface area contributed by atoms with Gasteiger partial charge in [0.2, 0.25) is 5.91 Å². The van der Waals surface area contributed by atoms with E-state index in [1.165, 1.54) is 19.3 Å². The third-order valence-corrected chi connectivity index (χ3v) is 7.50. The Hall–Kier alpha value is -1.84. The molecule has 6 rings (SSSR count). The summed E-state index contributed by atoms with van der Waals surface area (Å²) in [5.41, 5.74) is 0.819. The van der Waals surface area contributed by atoms with Crippen LogP contribution in [0.25, 0.3) is 0 Å². The summed E-state index contributed by atoms with van der Waals surface area (Å²) >= 11 is 0. The summed E-state index contributed by atoms with van der Waals surface area (Å²) in [6.45, 7) is 1.00. The van der Waals surface area contributed by atoms with Crippen LogP contribution in [0.3, 0.4) is 0 Å². The first kappa shape index (κ1) is 17.3. The van der Waals surface area contributed by atoms with Gasteiger partial charge in [-0.2, -0.15) is 0 Å². The van der Waals surface area contributed by atoms with Crippen LogP contribution in [0.1, 0.15) is 56.9 Å². The Morgan fingerprint density at radius 3 is 2.26 bits per heavy atom. The lowest BCUT2D eigenvalue weighted by molar-refractivity contribution is -0.166. The molecule has 1 aromatic carbocycles. The third kappa shape index (κ3) is 3.07. The molecule has 1 aliphatic heterocycles. The maximum atomic E-state index is 13.6. The van der Waals surface area contributed by atoms with Crippen molar-refractivity contribution in [2.75, 3.05) is 6.54 Å². The van der Waals surface area contributed by atoms with Crippen molar-refractivity contribution in [2.45, 2.75) is 64.0 Å². The largest absolute Gasteiger partial charge is 0.459 e. The second-order valence-corrected chi connectivity index (χ2v) is 9.45. The maximum Gasteiger partial charge on any atom is 0.329 e. The van der Waals surface area contributed by atoms with Gasteiger partial charge in [0, 0.05) is 6.54 Å². The van der Waals surface area contributed by atoms with Crippen molar-refractivity contribution < 1.29 is 14.3 Å². The molecule has 1 saturated heterocycles. The van der Waals surface area contributed by atoms with Crippen LogP contribution in [0.4, 0.5) is 0 Å². The van der Waals surface area contributed by atoms with E-state index in [0.717, 1.165) is 55.4 Å². The molecule has 4 bridgehead atoms. The van der Waals surface area contributed by atoms with Crippen LogP contribution in [0.15, 0.2) is 30.3 Å².